The summed E-state index contributed by atoms with van der Waals surface area (Å²) in [4.78, 5) is 24.5. The zero-order valence-corrected chi connectivity index (χ0v) is 26.6. The van der Waals surface area contributed by atoms with Gasteiger partial charge in [0.05, 0.1) is 38.1 Å². The molecule has 0 aromatic heterocycles. The van der Waals surface area contributed by atoms with Crippen molar-refractivity contribution in [2.75, 3.05) is 26.9 Å². The lowest BCUT2D eigenvalue weighted by atomic mass is 9.83. The minimum atomic E-state index is -1.83. The molecular weight excluding hydrogens is 672 g/mol. The smallest absolute Gasteiger partial charge is 0.337 e. The third kappa shape index (κ3) is 7.95. The molecule has 0 unspecified atom stereocenters. The van der Waals surface area contributed by atoms with E-state index in [0.717, 1.165) is 12.3 Å². The highest BCUT2D eigenvalue weighted by molar-refractivity contribution is 5.89. The number of hydrogen-bond acceptors (Lipinski definition) is 18. The molecule has 0 spiro atoms. The van der Waals surface area contributed by atoms with Crippen LogP contribution in [0, 0.1) is 11.8 Å². The normalized spacial score (nSPS) is 37.0. The summed E-state index contributed by atoms with van der Waals surface area (Å²) in [5.74, 6) is -3.45. The van der Waals surface area contributed by atoms with E-state index in [0.29, 0.717) is 17.6 Å². The molecule has 2 saturated heterocycles. The lowest BCUT2D eigenvalue weighted by Gasteiger charge is -2.44. The van der Waals surface area contributed by atoms with Gasteiger partial charge in [0.15, 0.2) is 24.1 Å². The molecular formula is C32H40O18. The number of methoxy groups -OCH3 is 1. The Morgan fingerprint density at radius 3 is 2.18 bits per heavy atom. The van der Waals surface area contributed by atoms with E-state index in [4.69, 9.17) is 33.2 Å². The zero-order valence-electron chi connectivity index (χ0n) is 26.6. The van der Waals surface area contributed by atoms with Gasteiger partial charge in [0.1, 0.15) is 55.4 Å². The zero-order chi connectivity index (χ0) is 36.3. The fourth-order valence-electron chi connectivity index (χ4n) is 6.12. The van der Waals surface area contributed by atoms with Gasteiger partial charge in [-0.15, -0.1) is 0 Å². The van der Waals surface area contributed by atoms with E-state index in [2.05, 4.69) is 0 Å². The second-order valence-corrected chi connectivity index (χ2v) is 12.1. The molecule has 276 valence electrons. The van der Waals surface area contributed by atoms with Crippen LogP contribution >= 0.6 is 0 Å². The summed E-state index contributed by atoms with van der Waals surface area (Å²) >= 11 is 0. The predicted octanol–water partition coefficient (Wildman–Crippen LogP) is -2.73. The number of carbonyl (C=O) groups is 2. The van der Waals surface area contributed by atoms with Crippen molar-refractivity contribution in [1.29, 1.82) is 0 Å². The number of aliphatic hydroxyl groups is 7. The molecule has 3 heterocycles. The van der Waals surface area contributed by atoms with Gasteiger partial charge in [0.2, 0.25) is 6.29 Å². The Balaban J connectivity index is 1.19. The van der Waals surface area contributed by atoms with Crippen LogP contribution < -0.4 is 0 Å². The maximum Gasteiger partial charge on any atom is 0.337 e. The number of esters is 2. The van der Waals surface area contributed by atoms with Crippen LogP contribution in [0.25, 0.3) is 6.08 Å². The van der Waals surface area contributed by atoms with Gasteiger partial charge in [-0.2, -0.15) is 0 Å². The Bertz CT molecular complexity index is 1460. The summed E-state index contributed by atoms with van der Waals surface area (Å²) in [5.41, 5.74) is 1.07. The van der Waals surface area contributed by atoms with Gasteiger partial charge in [0.25, 0.3) is 0 Å². The number of aromatic hydroxyl groups is 2. The van der Waals surface area contributed by atoms with Gasteiger partial charge in [-0.1, -0.05) is 12.1 Å². The van der Waals surface area contributed by atoms with Crippen LogP contribution in [0.5, 0.6) is 11.5 Å². The molecule has 0 saturated carbocycles. The third-order valence-corrected chi connectivity index (χ3v) is 8.95. The fourth-order valence-corrected chi connectivity index (χ4v) is 6.12. The molecule has 18 heteroatoms. The van der Waals surface area contributed by atoms with Crippen molar-refractivity contribution in [1.82, 2.24) is 0 Å². The Kier molecular flexibility index (Phi) is 12.1. The molecule has 0 radical (unpaired) electrons. The van der Waals surface area contributed by atoms with Gasteiger partial charge >= 0.3 is 11.9 Å². The summed E-state index contributed by atoms with van der Waals surface area (Å²) < 4.78 is 38.2. The highest BCUT2D eigenvalue weighted by atomic mass is 16.8. The Morgan fingerprint density at radius 1 is 0.860 bits per heavy atom. The molecule has 3 aliphatic heterocycles. The van der Waals surface area contributed by atoms with Gasteiger partial charge < -0.3 is 79.1 Å². The van der Waals surface area contributed by atoms with Crippen LogP contribution in [0.15, 0.2) is 47.8 Å². The molecule has 1 aromatic carbocycles. The molecule has 1 aliphatic carbocycles. The third-order valence-electron chi connectivity index (χ3n) is 8.95. The van der Waals surface area contributed by atoms with Crippen molar-refractivity contribution in [2.24, 2.45) is 11.8 Å². The SMILES string of the molecule is COC(=O)C1=CO[C@@H](O[C@@H]2O[C@H](CO[C@@H]3O[C@H](COC(=O)C=Cc4ccc(O)c(O)c4)[C@@H](O)[C@H](O)[C@H]3O)[C@@H](O)[C@H](O)[C@H]2O)[C@@H]2C(CO)=CC[C@H]12. The Morgan fingerprint density at radius 2 is 1.52 bits per heavy atom. The number of ether oxygens (including phenoxy) is 7. The standard InChI is InChI=1S/C32H40O18/c1-44-29(43)16-10-46-30(22-14(9-33)4-5-15(16)22)50-32-28(42)26(40)24(38)20(49-32)12-47-31-27(41)25(39)23(37)19(48-31)11-45-21(36)7-3-13-2-6-17(34)18(35)8-13/h2-4,6-8,10,15,19-20,22-28,30-35,37-42H,5,9,11-12H2,1H3/t15-,19-,20-,22-,23-,24-,25+,26+,27-,28-,30+,31-,32+/m1/s1. The van der Waals surface area contributed by atoms with Crippen LogP contribution in [0.3, 0.4) is 0 Å². The van der Waals surface area contributed by atoms with Gasteiger partial charge in [-0.05, 0) is 35.8 Å². The number of phenols is 2. The fraction of sp³-hybridized carbons (Fsp3) is 0.562. The van der Waals surface area contributed by atoms with E-state index < -0.39 is 110 Å². The summed E-state index contributed by atoms with van der Waals surface area (Å²) in [5, 5.41) is 92.2. The minimum Gasteiger partial charge on any atom is -0.504 e. The summed E-state index contributed by atoms with van der Waals surface area (Å²) in [6.45, 7) is -1.59. The molecule has 13 atom stereocenters. The lowest BCUT2D eigenvalue weighted by molar-refractivity contribution is -0.352. The number of aliphatic hydroxyl groups excluding tert-OH is 7. The topological polar surface area (TPSA) is 281 Å². The van der Waals surface area contributed by atoms with Gasteiger partial charge in [0, 0.05) is 12.0 Å². The van der Waals surface area contributed by atoms with Crippen molar-refractivity contribution >= 4 is 18.0 Å². The second kappa shape index (κ2) is 16.1. The van der Waals surface area contributed by atoms with Crippen LogP contribution in [0.1, 0.15) is 12.0 Å². The first kappa shape index (κ1) is 37.6. The van der Waals surface area contributed by atoms with E-state index in [-0.39, 0.29) is 17.9 Å². The Labute approximate surface area is 284 Å². The van der Waals surface area contributed by atoms with Crippen molar-refractivity contribution in [2.45, 2.75) is 74.1 Å². The predicted molar refractivity (Wildman–Crippen MR) is 162 cm³/mol. The number of hydrogen-bond donors (Lipinski definition) is 9. The van der Waals surface area contributed by atoms with E-state index in [1.165, 1.54) is 31.4 Å². The first-order valence-corrected chi connectivity index (χ1v) is 15.6. The first-order chi connectivity index (χ1) is 23.8. The average molecular weight is 713 g/mol. The maximum absolute atomic E-state index is 12.3. The second-order valence-electron chi connectivity index (χ2n) is 12.1. The lowest BCUT2D eigenvalue weighted by Crippen LogP contribution is -2.62. The quantitative estimate of drug-likeness (QED) is 0.0487. The van der Waals surface area contributed by atoms with Gasteiger partial charge in [-0.3, -0.25) is 0 Å². The van der Waals surface area contributed by atoms with Crippen LogP contribution in [0.4, 0.5) is 0 Å². The average Bonchev–Trinajstić information content (AvgIpc) is 3.55. The van der Waals surface area contributed by atoms with Crippen LogP contribution in [-0.4, -0.2) is 153 Å². The number of phenolic OH excluding ortho intramolecular Hbond substituents is 2. The number of carbonyl (C=O) groups excluding carboxylic acids is 2. The van der Waals surface area contributed by atoms with Gasteiger partial charge in [-0.25, -0.2) is 9.59 Å². The molecule has 50 heavy (non-hydrogen) atoms. The highest BCUT2D eigenvalue weighted by Gasteiger charge is 2.51. The highest BCUT2D eigenvalue weighted by Crippen LogP contribution is 2.44. The molecule has 1 aromatic rings. The molecule has 9 N–H and O–H groups in total. The summed E-state index contributed by atoms with van der Waals surface area (Å²) in [6, 6.07) is 3.84. The summed E-state index contributed by atoms with van der Waals surface area (Å²) in [6.07, 6.45) is -12.5. The van der Waals surface area contributed by atoms with Crippen molar-refractivity contribution in [3.63, 3.8) is 0 Å². The van der Waals surface area contributed by atoms with Crippen molar-refractivity contribution < 1.29 is 88.7 Å². The number of allylic oxidation sites excluding steroid dienone is 1. The van der Waals surface area contributed by atoms with E-state index in [1.807, 2.05) is 0 Å². The van der Waals surface area contributed by atoms with E-state index >= 15 is 0 Å². The first-order valence-electron chi connectivity index (χ1n) is 15.6. The van der Waals surface area contributed by atoms with E-state index in [9.17, 15) is 55.5 Å². The molecule has 0 amide bonds. The molecule has 2 fully saturated rings. The number of fused-ring (bicyclic) bond motifs is 1. The largest absolute Gasteiger partial charge is 0.504 e. The number of rotatable bonds is 11. The van der Waals surface area contributed by atoms with Crippen LogP contribution in [0.2, 0.25) is 0 Å². The van der Waals surface area contributed by atoms with Crippen LogP contribution in [-0.2, 0) is 42.7 Å². The molecule has 4 aliphatic rings. The van der Waals surface area contributed by atoms with Crippen molar-refractivity contribution in [3.05, 3.63) is 53.3 Å². The Hall–Kier alpha value is -3.66. The molecule has 0 bridgehead atoms. The summed E-state index contributed by atoms with van der Waals surface area (Å²) in [7, 11) is 1.21. The van der Waals surface area contributed by atoms with Crippen molar-refractivity contribution in [3.8, 4) is 11.5 Å². The van der Waals surface area contributed by atoms with E-state index in [1.54, 1.807) is 6.08 Å². The maximum atomic E-state index is 12.3. The monoisotopic (exact) mass is 712 g/mol. The molecule has 5 rings (SSSR count). The molecule has 18 nitrogen and oxygen atoms in total. The minimum absolute atomic E-state index is 0.210. The number of benzene rings is 1.